The van der Waals surface area contributed by atoms with Crippen LogP contribution in [0, 0.1) is 23.7 Å². The van der Waals surface area contributed by atoms with E-state index in [1.165, 1.54) is 12.0 Å². The van der Waals surface area contributed by atoms with E-state index in [1.807, 2.05) is 6.07 Å². The molecule has 0 aliphatic carbocycles. The Labute approximate surface area is 241 Å². The van der Waals surface area contributed by atoms with Crippen molar-refractivity contribution in [1.29, 1.82) is 0 Å². The summed E-state index contributed by atoms with van der Waals surface area (Å²) >= 11 is 0. The average Bonchev–Trinajstić information content (AvgIpc) is 2.89. The maximum absolute atomic E-state index is 6.99. The fourth-order valence-corrected chi connectivity index (χ4v) is 12.7. The van der Waals surface area contributed by atoms with Gasteiger partial charge in [0, 0.05) is 31.5 Å². The van der Waals surface area contributed by atoms with Crippen LogP contribution in [0.2, 0.25) is 16.6 Å². The SMILES string of the molecule is COCOC[C@H](C)[C@H](OCc1ccccc1)[C@H](C)[C@H]1O[C@H]([C@H](C)CO[Si](C(C)C)(C(C)C)C(C)C)CC[C@@H]1C. The Morgan fingerprint density at radius 3 is 2.05 bits per heavy atom. The van der Waals surface area contributed by atoms with Gasteiger partial charge >= 0.3 is 0 Å². The van der Waals surface area contributed by atoms with Crippen LogP contribution in [0.5, 0.6) is 0 Å². The Bertz CT molecular complexity index is 764. The summed E-state index contributed by atoms with van der Waals surface area (Å²) in [4.78, 5) is 0. The Morgan fingerprint density at radius 2 is 1.49 bits per heavy atom. The lowest BCUT2D eigenvalue weighted by Crippen LogP contribution is -2.50. The van der Waals surface area contributed by atoms with Crippen molar-refractivity contribution in [2.45, 2.75) is 124 Å². The summed E-state index contributed by atoms with van der Waals surface area (Å²) in [5.41, 5.74) is 2.96. The van der Waals surface area contributed by atoms with E-state index >= 15 is 0 Å². The molecule has 2 rings (SSSR count). The number of methoxy groups -OCH3 is 1. The van der Waals surface area contributed by atoms with Crippen molar-refractivity contribution in [3.63, 3.8) is 0 Å². The fraction of sp³-hybridized carbons (Fsp3) is 0.818. The number of benzene rings is 1. The first kappa shape index (κ1) is 34.4. The van der Waals surface area contributed by atoms with Crippen LogP contribution in [0.3, 0.4) is 0 Å². The molecule has 226 valence electrons. The summed E-state index contributed by atoms with van der Waals surface area (Å²) in [6.45, 7) is 25.6. The monoisotopic (exact) mass is 564 g/mol. The highest BCUT2D eigenvalue weighted by Gasteiger charge is 2.46. The number of hydrogen-bond acceptors (Lipinski definition) is 5. The maximum atomic E-state index is 6.99. The second kappa shape index (κ2) is 16.6. The Hall–Kier alpha value is -0.763. The third-order valence-electron chi connectivity index (χ3n) is 9.20. The summed E-state index contributed by atoms with van der Waals surface area (Å²) in [7, 11) is -0.236. The van der Waals surface area contributed by atoms with E-state index in [2.05, 4.69) is 93.5 Å². The van der Waals surface area contributed by atoms with E-state index in [0.29, 0.717) is 48.5 Å². The van der Waals surface area contributed by atoms with Gasteiger partial charge in [-0.3, -0.25) is 0 Å². The molecule has 0 amide bonds. The van der Waals surface area contributed by atoms with Crippen molar-refractivity contribution in [2.75, 3.05) is 27.1 Å². The smallest absolute Gasteiger partial charge is 0.200 e. The molecule has 0 bridgehead atoms. The van der Waals surface area contributed by atoms with Crippen LogP contribution >= 0.6 is 0 Å². The summed E-state index contributed by atoms with van der Waals surface area (Å²) < 4.78 is 31.5. The van der Waals surface area contributed by atoms with Gasteiger partial charge in [-0.15, -0.1) is 0 Å². The molecule has 0 saturated carbocycles. The van der Waals surface area contributed by atoms with Gasteiger partial charge in [0.15, 0.2) is 8.32 Å². The van der Waals surface area contributed by atoms with Crippen LogP contribution in [0.25, 0.3) is 0 Å². The van der Waals surface area contributed by atoms with Crippen molar-refractivity contribution >= 4 is 8.32 Å². The van der Waals surface area contributed by atoms with E-state index in [-0.39, 0.29) is 30.1 Å². The summed E-state index contributed by atoms with van der Waals surface area (Å²) in [5.74, 6) is 1.29. The molecule has 0 spiro atoms. The molecule has 6 heteroatoms. The zero-order valence-corrected chi connectivity index (χ0v) is 27.9. The maximum Gasteiger partial charge on any atom is 0.200 e. The molecular weight excluding hydrogens is 504 g/mol. The third-order valence-corrected chi connectivity index (χ3v) is 15.3. The van der Waals surface area contributed by atoms with Crippen molar-refractivity contribution in [1.82, 2.24) is 0 Å². The lowest BCUT2D eigenvalue weighted by atomic mass is 9.79. The highest BCUT2D eigenvalue weighted by molar-refractivity contribution is 6.77. The van der Waals surface area contributed by atoms with Crippen LogP contribution in [0.15, 0.2) is 30.3 Å². The van der Waals surface area contributed by atoms with E-state index in [4.69, 9.17) is 23.4 Å². The molecule has 1 aliphatic heterocycles. The van der Waals surface area contributed by atoms with E-state index in [1.54, 1.807) is 7.11 Å². The Balaban J connectivity index is 2.13. The van der Waals surface area contributed by atoms with Crippen LogP contribution in [0.1, 0.15) is 87.6 Å². The van der Waals surface area contributed by atoms with Gasteiger partial charge in [0.25, 0.3) is 0 Å². The quantitative estimate of drug-likeness (QED) is 0.108. The zero-order chi connectivity index (χ0) is 29.2. The minimum absolute atomic E-state index is 0.0164. The molecule has 1 heterocycles. The molecule has 1 aromatic rings. The summed E-state index contributed by atoms with van der Waals surface area (Å²) in [6, 6.07) is 10.4. The molecule has 39 heavy (non-hydrogen) atoms. The summed E-state index contributed by atoms with van der Waals surface area (Å²) in [6.07, 6.45) is 2.63. The largest absolute Gasteiger partial charge is 0.416 e. The minimum Gasteiger partial charge on any atom is -0.416 e. The first-order chi connectivity index (χ1) is 18.4. The first-order valence-electron chi connectivity index (χ1n) is 15.5. The fourth-order valence-electron chi connectivity index (χ4n) is 7.14. The lowest BCUT2D eigenvalue weighted by molar-refractivity contribution is -0.165. The highest BCUT2D eigenvalue weighted by atomic mass is 28.4. The number of hydrogen-bond donors (Lipinski definition) is 0. The average molecular weight is 565 g/mol. The molecule has 0 aromatic heterocycles. The normalized spacial score (nSPS) is 23.8. The third kappa shape index (κ3) is 9.37. The lowest BCUT2D eigenvalue weighted by Gasteiger charge is -2.45. The van der Waals surface area contributed by atoms with Gasteiger partial charge in [0.1, 0.15) is 6.79 Å². The topological polar surface area (TPSA) is 46.2 Å². The van der Waals surface area contributed by atoms with Crippen molar-refractivity contribution < 1.29 is 23.4 Å². The van der Waals surface area contributed by atoms with E-state index in [0.717, 1.165) is 13.0 Å². The molecule has 0 radical (unpaired) electrons. The van der Waals surface area contributed by atoms with Gasteiger partial charge in [-0.2, -0.15) is 0 Å². The van der Waals surface area contributed by atoms with Crippen LogP contribution in [-0.4, -0.2) is 53.7 Å². The molecule has 1 aromatic carbocycles. The Morgan fingerprint density at radius 1 is 0.872 bits per heavy atom. The minimum atomic E-state index is -1.90. The van der Waals surface area contributed by atoms with Crippen LogP contribution in [-0.2, 0) is 30.0 Å². The van der Waals surface area contributed by atoms with Gasteiger partial charge < -0.3 is 23.4 Å². The molecule has 7 atom stereocenters. The van der Waals surface area contributed by atoms with E-state index < -0.39 is 8.32 Å². The first-order valence-corrected chi connectivity index (χ1v) is 17.6. The molecule has 0 N–H and O–H groups in total. The molecule has 5 nitrogen and oxygen atoms in total. The number of ether oxygens (including phenoxy) is 4. The highest BCUT2D eigenvalue weighted by Crippen LogP contribution is 2.43. The van der Waals surface area contributed by atoms with Crippen molar-refractivity contribution in [3.05, 3.63) is 35.9 Å². The van der Waals surface area contributed by atoms with Gasteiger partial charge in [0.2, 0.25) is 0 Å². The van der Waals surface area contributed by atoms with Crippen LogP contribution < -0.4 is 0 Å². The summed E-state index contributed by atoms with van der Waals surface area (Å²) in [5, 5.41) is 0. The zero-order valence-electron chi connectivity index (χ0n) is 26.9. The predicted molar refractivity (Wildman–Crippen MR) is 164 cm³/mol. The van der Waals surface area contributed by atoms with Gasteiger partial charge in [0.05, 0.1) is 31.5 Å². The van der Waals surface area contributed by atoms with Gasteiger partial charge in [-0.05, 0) is 40.9 Å². The van der Waals surface area contributed by atoms with Gasteiger partial charge in [-0.1, -0.05) is 99.6 Å². The Kier molecular flexibility index (Phi) is 14.7. The number of rotatable bonds is 17. The molecule has 1 aliphatic rings. The van der Waals surface area contributed by atoms with Crippen LogP contribution in [0.4, 0.5) is 0 Å². The predicted octanol–water partition coefficient (Wildman–Crippen LogP) is 8.48. The second-order valence-corrected chi connectivity index (χ2v) is 18.6. The standard InChI is InChI=1S/C33H60O5Si/c1-23(2)39(24(3)4,25(5)6)37-20-27(8)31-18-17-26(7)33(38-31)29(10)32(28(9)19-35-22-34-11)36-21-30-15-13-12-14-16-30/h12-16,23-29,31-33H,17-22H2,1-11H3/t26-,27+,28-,29-,31-,32-,33-/m0/s1. The second-order valence-electron chi connectivity index (χ2n) is 13.2. The molecule has 0 unspecified atom stereocenters. The molecular formula is C33H60O5Si. The van der Waals surface area contributed by atoms with E-state index in [9.17, 15) is 0 Å². The van der Waals surface area contributed by atoms with Gasteiger partial charge in [-0.25, -0.2) is 0 Å². The molecule has 1 saturated heterocycles. The van der Waals surface area contributed by atoms with Crippen molar-refractivity contribution in [2.24, 2.45) is 23.7 Å². The molecule has 1 fully saturated rings. The van der Waals surface area contributed by atoms with Crippen molar-refractivity contribution in [3.8, 4) is 0 Å².